The summed E-state index contributed by atoms with van der Waals surface area (Å²) in [5, 5.41) is 0. The topological polar surface area (TPSA) is 38.9 Å². The molecule has 0 saturated carbocycles. The maximum Gasteiger partial charge on any atom is 0.113 e. The molecule has 0 aliphatic carbocycles. The van der Waals surface area contributed by atoms with Crippen LogP contribution in [0.5, 0.6) is 0 Å². The van der Waals surface area contributed by atoms with Gasteiger partial charge in [-0.1, -0.05) is 30.2 Å². The van der Waals surface area contributed by atoms with Crippen molar-refractivity contribution in [1.82, 2.24) is 4.98 Å². The van der Waals surface area contributed by atoms with Crippen LogP contribution in [-0.4, -0.2) is 4.98 Å². The molecule has 0 spiro atoms. The summed E-state index contributed by atoms with van der Waals surface area (Å²) in [6, 6.07) is 15.5. The second-order valence-corrected chi connectivity index (χ2v) is 3.33. The quantitative estimate of drug-likeness (QED) is 0.727. The Morgan fingerprint density at radius 1 is 0.938 bits per heavy atom. The number of benzene rings is 1. The number of nitrogens with two attached hydrogens (primary N) is 1. The molecular formula is C14H12N2. The Morgan fingerprint density at radius 2 is 1.75 bits per heavy atom. The van der Waals surface area contributed by atoms with Crippen LogP contribution in [0.15, 0.2) is 48.5 Å². The van der Waals surface area contributed by atoms with E-state index in [4.69, 9.17) is 5.73 Å². The lowest BCUT2D eigenvalue weighted by atomic mass is 10.2. The van der Waals surface area contributed by atoms with Crippen LogP contribution in [0.25, 0.3) is 0 Å². The average molecular weight is 208 g/mol. The van der Waals surface area contributed by atoms with Crippen LogP contribution in [0.1, 0.15) is 17.0 Å². The molecule has 0 saturated heterocycles. The fourth-order valence-electron chi connectivity index (χ4n) is 1.32. The number of pyridine rings is 1. The van der Waals surface area contributed by atoms with Gasteiger partial charge in [-0.3, -0.25) is 0 Å². The molecule has 1 aromatic carbocycles. The van der Waals surface area contributed by atoms with E-state index in [1.807, 2.05) is 48.5 Å². The van der Waals surface area contributed by atoms with Gasteiger partial charge in [0.05, 0.1) is 5.69 Å². The minimum Gasteiger partial charge on any atom is -0.325 e. The van der Waals surface area contributed by atoms with Crippen LogP contribution in [-0.2, 0) is 6.54 Å². The number of rotatable bonds is 1. The number of hydrogen-bond donors (Lipinski definition) is 1. The van der Waals surface area contributed by atoms with Gasteiger partial charge < -0.3 is 5.73 Å². The average Bonchev–Trinajstić information content (AvgIpc) is 2.38. The summed E-state index contributed by atoms with van der Waals surface area (Å²) in [7, 11) is 0. The van der Waals surface area contributed by atoms with Crippen molar-refractivity contribution in [2.75, 3.05) is 0 Å². The maximum absolute atomic E-state index is 5.52. The van der Waals surface area contributed by atoms with Crippen molar-refractivity contribution >= 4 is 0 Å². The Labute approximate surface area is 95.1 Å². The Morgan fingerprint density at radius 3 is 2.50 bits per heavy atom. The van der Waals surface area contributed by atoms with Gasteiger partial charge in [0.25, 0.3) is 0 Å². The Bertz CT molecular complexity index is 521. The molecule has 0 fully saturated rings. The van der Waals surface area contributed by atoms with Crippen LogP contribution in [0.2, 0.25) is 0 Å². The van der Waals surface area contributed by atoms with Gasteiger partial charge in [0.2, 0.25) is 0 Å². The molecule has 0 amide bonds. The summed E-state index contributed by atoms with van der Waals surface area (Å²) in [6.45, 7) is 0.445. The molecule has 1 heterocycles. The molecule has 0 aliphatic heterocycles. The molecular weight excluding hydrogens is 196 g/mol. The minimum absolute atomic E-state index is 0.445. The van der Waals surface area contributed by atoms with Crippen molar-refractivity contribution in [3.05, 3.63) is 65.5 Å². The van der Waals surface area contributed by atoms with Gasteiger partial charge in [0, 0.05) is 12.1 Å². The fraction of sp³-hybridized carbons (Fsp3) is 0.0714. The first-order chi connectivity index (χ1) is 7.88. The van der Waals surface area contributed by atoms with E-state index in [0.29, 0.717) is 6.54 Å². The smallest absolute Gasteiger partial charge is 0.113 e. The molecule has 0 radical (unpaired) electrons. The third-order valence-corrected chi connectivity index (χ3v) is 2.12. The lowest BCUT2D eigenvalue weighted by Gasteiger charge is -1.95. The molecule has 0 bridgehead atoms. The fourth-order valence-corrected chi connectivity index (χ4v) is 1.32. The van der Waals surface area contributed by atoms with E-state index in [1.165, 1.54) is 0 Å². The lowest BCUT2D eigenvalue weighted by Crippen LogP contribution is -1.99. The third kappa shape index (κ3) is 2.69. The third-order valence-electron chi connectivity index (χ3n) is 2.12. The Balaban J connectivity index is 2.24. The molecule has 16 heavy (non-hydrogen) atoms. The van der Waals surface area contributed by atoms with Gasteiger partial charge in [-0.25, -0.2) is 4.98 Å². The van der Waals surface area contributed by atoms with Crippen molar-refractivity contribution in [3.63, 3.8) is 0 Å². The van der Waals surface area contributed by atoms with Crippen molar-refractivity contribution in [2.45, 2.75) is 6.54 Å². The van der Waals surface area contributed by atoms with Gasteiger partial charge in [-0.05, 0) is 30.2 Å². The number of aromatic nitrogens is 1. The van der Waals surface area contributed by atoms with E-state index >= 15 is 0 Å². The van der Waals surface area contributed by atoms with Crippen LogP contribution in [0.3, 0.4) is 0 Å². The first kappa shape index (κ1) is 10.4. The highest BCUT2D eigenvalue weighted by atomic mass is 14.7. The molecule has 2 heteroatoms. The second-order valence-electron chi connectivity index (χ2n) is 3.33. The SMILES string of the molecule is NCc1cccc(C#Cc2ccccc2)n1. The highest BCUT2D eigenvalue weighted by Crippen LogP contribution is 1.99. The highest BCUT2D eigenvalue weighted by molar-refractivity contribution is 5.39. The molecule has 2 nitrogen and oxygen atoms in total. The summed E-state index contributed by atoms with van der Waals surface area (Å²) >= 11 is 0. The predicted octanol–water partition coefficient (Wildman–Crippen LogP) is 1.94. The maximum atomic E-state index is 5.52. The van der Waals surface area contributed by atoms with E-state index in [9.17, 15) is 0 Å². The molecule has 2 N–H and O–H groups in total. The van der Waals surface area contributed by atoms with Crippen molar-refractivity contribution in [2.24, 2.45) is 5.73 Å². The van der Waals surface area contributed by atoms with Gasteiger partial charge in [0.15, 0.2) is 0 Å². The van der Waals surface area contributed by atoms with Crippen molar-refractivity contribution < 1.29 is 0 Å². The number of nitrogens with zero attached hydrogens (tertiary/aromatic N) is 1. The first-order valence-corrected chi connectivity index (χ1v) is 5.11. The summed E-state index contributed by atoms with van der Waals surface area (Å²) in [5.41, 5.74) is 8.12. The van der Waals surface area contributed by atoms with Gasteiger partial charge in [-0.2, -0.15) is 0 Å². The standard InChI is InChI=1S/C14H12N2/c15-11-14-8-4-7-13(16-14)10-9-12-5-2-1-3-6-12/h1-8H,11,15H2. The zero-order valence-corrected chi connectivity index (χ0v) is 8.85. The first-order valence-electron chi connectivity index (χ1n) is 5.11. The summed E-state index contributed by atoms with van der Waals surface area (Å²) < 4.78 is 0. The van der Waals surface area contributed by atoms with Crippen LogP contribution < -0.4 is 5.73 Å². The van der Waals surface area contributed by atoms with Gasteiger partial charge in [0.1, 0.15) is 5.69 Å². The zero-order chi connectivity index (χ0) is 11.2. The molecule has 2 aromatic rings. The van der Waals surface area contributed by atoms with Crippen molar-refractivity contribution in [1.29, 1.82) is 0 Å². The zero-order valence-electron chi connectivity index (χ0n) is 8.85. The van der Waals surface area contributed by atoms with Gasteiger partial charge in [-0.15, -0.1) is 0 Å². The molecule has 2 rings (SSSR count). The molecule has 0 atom stereocenters. The monoisotopic (exact) mass is 208 g/mol. The Hall–Kier alpha value is -2.11. The van der Waals surface area contributed by atoms with Crippen molar-refractivity contribution in [3.8, 4) is 11.8 Å². The summed E-state index contributed by atoms with van der Waals surface area (Å²) in [4.78, 5) is 4.31. The molecule has 0 unspecified atom stereocenters. The molecule has 78 valence electrons. The van der Waals surface area contributed by atoms with E-state index in [1.54, 1.807) is 0 Å². The summed E-state index contributed by atoms with van der Waals surface area (Å²) in [5.74, 6) is 6.08. The van der Waals surface area contributed by atoms with E-state index in [2.05, 4.69) is 16.8 Å². The van der Waals surface area contributed by atoms with E-state index in [0.717, 1.165) is 17.0 Å². The normalized spacial score (nSPS) is 9.31. The molecule has 1 aromatic heterocycles. The summed E-state index contributed by atoms with van der Waals surface area (Å²) in [6.07, 6.45) is 0. The predicted molar refractivity (Wildman–Crippen MR) is 64.6 cm³/mol. The second kappa shape index (κ2) is 5.11. The highest BCUT2D eigenvalue weighted by Gasteiger charge is 1.91. The molecule has 0 aliphatic rings. The van der Waals surface area contributed by atoms with Gasteiger partial charge >= 0.3 is 0 Å². The number of hydrogen-bond acceptors (Lipinski definition) is 2. The Kier molecular flexibility index (Phi) is 3.32. The van der Waals surface area contributed by atoms with E-state index < -0.39 is 0 Å². The minimum atomic E-state index is 0.445. The lowest BCUT2D eigenvalue weighted by molar-refractivity contribution is 0.984. The largest absolute Gasteiger partial charge is 0.325 e. The van der Waals surface area contributed by atoms with E-state index in [-0.39, 0.29) is 0 Å². The van der Waals surface area contributed by atoms with Crippen LogP contribution in [0.4, 0.5) is 0 Å². The van der Waals surface area contributed by atoms with Crippen LogP contribution in [0, 0.1) is 11.8 Å². The van der Waals surface area contributed by atoms with Crippen LogP contribution >= 0.6 is 0 Å².